The molecule has 1 N–H and O–H groups in total. The Labute approximate surface area is 204 Å². The summed E-state index contributed by atoms with van der Waals surface area (Å²) in [5.74, 6) is 1.87. The van der Waals surface area contributed by atoms with E-state index in [1.165, 1.54) is 0 Å². The second-order valence-corrected chi connectivity index (χ2v) is 9.64. The van der Waals surface area contributed by atoms with Crippen molar-refractivity contribution in [3.05, 3.63) is 83.4 Å². The van der Waals surface area contributed by atoms with Gasteiger partial charge in [0, 0.05) is 18.7 Å². The molecular weight excluding hydrogens is 440 g/mol. The predicted molar refractivity (Wildman–Crippen MR) is 133 cm³/mol. The van der Waals surface area contributed by atoms with Crippen LogP contribution < -0.4 is 14.8 Å². The number of carbonyl (C=O) groups excluding carboxylic acids is 2. The molecule has 1 saturated carbocycles. The summed E-state index contributed by atoms with van der Waals surface area (Å²) in [5.41, 5.74) is 4.28. The minimum atomic E-state index is -0.204. The van der Waals surface area contributed by atoms with Crippen LogP contribution in [-0.2, 0) is 0 Å². The fourth-order valence-electron chi connectivity index (χ4n) is 5.47. The molecule has 1 aliphatic carbocycles. The lowest BCUT2D eigenvalue weighted by Gasteiger charge is -2.29. The molecule has 178 valence electrons. The number of nitrogens with one attached hydrogen (secondary N) is 1. The van der Waals surface area contributed by atoms with E-state index >= 15 is 0 Å². The molecule has 6 heteroatoms. The lowest BCUT2D eigenvalue weighted by atomic mass is 9.96. The third-order valence-corrected chi connectivity index (χ3v) is 7.34. The molecule has 2 heterocycles. The van der Waals surface area contributed by atoms with Gasteiger partial charge in [-0.15, -0.1) is 0 Å². The number of para-hydroxylation sites is 1. The molecule has 35 heavy (non-hydrogen) atoms. The van der Waals surface area contributed by atoms with Crippen LogP contribution in [0, 0.1) is 18.8 Å². The lowest BCUT2D eigenvalue weighted by Crippen LogP contribution is -2.45. The molecule has 0 radical (unpaired) electrons. The molecule has 2 fully saturated rings. The van der Waals surface area contributed by atoms with E-state index in [1.807, 2.05) is 60.4 Å². The Balaban J connectivity index is 1.22. The summed E-state index contributed by atoms with van der Waals surface area (Å²) in [4.78, 5) is 28.8. The summed E-state index contributed by atoms with van der Waals surface area (Å²) in [7, 11) is 0. The molecule has 0 spiro atoms. The number of carbonyl (C=O) groups is 2. The maximum atomic E-state index is 13.8. The Bertz CT molecular complexity index is 1290. The van der Waals surface area contributed by atoms with Crippen molar-refractivity contribution in [1.29, 1.82) is 0 Å². The van der Waals surface area contributed by atoms with E-state index in [-0.39, 0.29) is 17.9 Å². The van der Waals surface area contributed by atoms with Crippen molar-refractivity contribution >= 4 is 11.8 Å². The first-order chi connectivity index (χ1) is 17.1. The summed E-state index contributed by atoms with van der Waals surface area (Å²) < 4.78 is 11.3. The molecule has 0 aromatic heterocycles. The summed E-state index contributed by atoms with van der Waals surface area (Å²) in [6.45, 7) is 4.10. The van der Waals surface area contributed by atoms with E-state index < -0.39 is 0 Å². The van der Waals surface area contributed by atoms with Crippen molar-refractivity contribution in [2.75, 3.05) is 26.3 Å². The van der Waals surface area contributed by atoms with Gasteiger partial charge < -0.3 is 19.7 Å². The number of piperidine rings is 1. The lowest BCUT2D eigenvalue weighted by molar-refractivity contribution is 0.0695. The zero-order valence-corrected chi connectivity index (χ0v) is 19.7. The van der Waals surface area contributed by atoms with Gasteiger partial charge >= 0.3 is 0 Å². The van der Waals surface area contributed by atoms with E-state index in [1.54, 1.807) is 12.1 Å². The zero-order chi connectivity index (χ0) is 23.9. The van der Waals surface area contributed by atoms with Crippen molar-refractivity contribution in [2.45, 2.75) is 19.4 Å². The van der Waals surface area contributed by atoms with Crippen LogP contribution in [0.25, 0.3) is 11.1 Å². The number of aryl methyl sites for hydroxylation is 1. The molecule has 0 bridgehead atoms. The quantitative estimate of drug-likeness (QED) is 0.606. The van der Waals surface area contributed by atoms with E-state index in [2.05, 4.69) is 11.4 Å². The van der Waals surface area contributed by atoms with E-state index in [0.29, 0.717) is 54.2 Å². The Morgan fingerprint density at radius 1 is 0.971 bits per heavy atom. The van der Waals surface area contributed by atoms with Crippen molar-refractivity contribution in [1.82, 2.24) is 10.2 Å². The average molecular weight is 469 g/mol. The molecule has 3 aromatic carbocycles. The van der Waals surface area contributed by atoms with Crippen molar-refractivity contribution in [3.8, 4) is 22.6 Å². The van der Waals surface area contributed by atoms with Gasteiger partial charge in [0.15, 0.2) is 11.5 Å². The second kappa shape index (κ2) is 8.77. The summed E-state index contributed by atoms with van der Waals surface area (Å²) >= 11 is 0. The van der Waals surface area contributed by atoms with E-state index in [0.717, 1.165) is 29.7 Å². The smallest absolute Gasteiger partial charge is 0.255 e. The molecule has 6 rings (SSSR count). The van der Waals surface area contributed by atoms with E-state index in [9.17, 15) is 9.59 Å². The highest BCUT2D eigenvalue weighted by atomic mass is 16.6. The van der Waals surface area contributed by atoms with Crippen molar-refractivity contribution < 1.29 is 19.1 Å². The molecule has 2 aliphatic heterocycles. The standard InChI is InChI=1S/C29H28N2O4/c1-18-10-11-21(23(14-18)19-6-3-2-4-7-19)29(33)31-17-20-15-24(20)25(31)16-30-28(32)22-8-5-9-26-27(22)35-13-12-34-26/h2-11,14,20,24-25H,12-13,15-17H2,1H3,(H,30,32)/t20-,24-,25-/m1/s1. The summed E-state index contributed by atoms with van der Waals surface area (Å²) in [5, 5.41) is 3.07. The summed E-state index contributed by atoms with van der Waals surface area (Å²) in [6.07, 6.45) is 1.11. The Hall–Kier alpha value is -3.80. The van der Waals surface area contributed by atoms with E-state index in [4.69, 9.17) is 9.47 Å². The minimum absolute atomic E-state index is 0.0157. The Morgan fingerprint density at radius 3 is 2.66 bits per heavy atom. The van der Waals surface area contributed by atoms with Crippen molar-refractivity contribution in [2.24, 2.45) is 11.8 Å². The van der Waals surface area contributed by atoms with Gasteiger partial charge in [0.2, 0.25) is 0 Å². The van der Waals surface area contributed by atoms with Crippen LogP contribution >= 0.6 is 0 Å². The maximum absolute atomic E-state index is 13.8. The van der Waals surface area contributed by atoms with Crippen LogP contribution in [0.4, 0.5) is 0 Å². The molecule has 1 saturated heterocycles. The molecule has 2 amide bonds. The maximum Gasteiger partial charge on any atom is 0.255 e. The van der Waals surface area contributed by atoms with Gasteiger partial charge in [-0.05, 0) is 54.5 Å². The SMILES string of the molecule is Cc1ccc(C(=O)N2C[C@H]3C[C@H]3[C@H]2CNC(=O)c2cccc3c2OCCO3)c(-c2ccccc2)c1. The molecule has 3 atom stereocenters. The van der Waals surface area contributed by atoms with Gasteiger partial charge in [-0.2, -0.15) is 0 Å². The highest BCUT2D eigenvalue weighted by Gasteiger charge is 2.54. The molecule has 3 aromatic rings. The average Bonchev–Trinajstić information content (AvgIpc) is 3.58. The van der Waals surface area contributed by atoms with Crippen LogP contribution in [0.3, 0.4) is 0 Å². The number of hydrogen-bond acceptors (Lipinski definition) is 4. The van der Waals surface area contributed by atoms with Crippen LogP contribution in [-0.4, -0.2) is 49.1 Å². The number of fused-ring (bicyclic) bond motifs is 2. The number of amides is 2. The Morgan fingerprint density at radius 2 is 1.80 bits per heavy atom. The fourth-order valence-corrected chi connectivity index (χ4v) is 5.47. The number of ether oxygens (including phenoxy) is 2. The topological polar surface area (TPSA) is 67.9 Å². The number of benzene rings is 3. The van der Waals surface area contributed by atoms with Crippen molar-refractivity contribution in [3.63, 3.8) is 0 Å². The van der Waals surface area contributed by atoms with Crippen LogP contribution in [0.5, 0.6) is 11.5 Å². The third kappa shape index (κ3) is 4.03. The highest BCUT2D eigenvalue weighted by molar-refractivity contribution is 6.02. The molecule has 3 aliphatic rings. The number of rotatable bonds is 5. The first-order valence-corrected chi connectivity index (χ1v) is 12.2. The minimum Gasteiger partial charge on any atom is -0.486 e. The second-order valence-electron chi connectivity index (χ2n) is 9.64. The Kier molecular flexibility index (Phi) is 5.44. The van der Waals surface area contributed by atoms with Gasteiger partial charge in [-0.1, -0.05) is 54.1 Å². The normalized spacial score (nSPS) is 21.9. The van der Waals surface area contributed by atoms with Gasteiger partial charge in [-0.25, -0.2) is 0 Å². The molecule has 0 unspecified atom stereocenters. The number of likely N-dealkylation sites (tertiary alicyclic amines) is 1. The number of hydrogen-bond donors (Lipinski definition) is 1. The largest absolute Gasteiger partial charge is 0.486 e. The molecular formula is C29H28N2O4. The summed E-state index contributed by atoms with van der Waals surface area (Å²) in [6, 6.07) is 21.4. The van der Waals surface area contributed by atoms with Gasteiger partial charge in [-0.3, -0.25) is 9.59 Å². The highest BCUT2D eigenvalue weighted by Crippen LogP contribution is 2.50. The van der Waals surface area contributed by atoms with Gasteiger partial charge in [0.1, 0.15) is 13.2 Å². The number of nitrogens with zero attached hydrogens (tertiary/aromatic N) is 1. The van der Waals surface area contributed by atoms with Crippen LogP contribution in [0.1, 0.15) is 32.7 Å². The first kappa shape index (κ1) is 21.7. The first-order valence-electron chi connectivity index (χ1n) is 12.2. The monoisotopic (exact) mass is 468 g/mol. The van der Waals surface area contributed by atoms with Gasteiger partial charge in [0.05, 0.1) is 11.6 Å². The van der Waals surface area contributed by atoms with Crippen LogP contribution in [0.2, 0.25) is 0 Å². The predicted octanol–water partition coefficient (Wildman–Crippen LogP) is 4.32. The van der Waals surface area contributed by atoms with Gasteiger partial charge in [0.25, 0.3) is 11.8 Å². The third-order valence-electron chi connectivity index (χ3n) is 7.34. The van der Waals surface area contributed by atoms with Crippen LogP contribution in [0.15, 0.2) is 66.7 Å². The zero-order valence-electron chi connectivity index (χ0n) is 19.7. The molecule has 6 nitrogen and oxygen atoms in total. The fraction of sp³-hybridized carbons (Fsp3) is 0.310.